The molecule has 1 aromatic heterocycles. The molecule has 0 saturated carbocycles. The number of rotatable bonds is 4. The Balaban J connectivity index is 1.92. The number of nitrogens with one attached hydrogen (secondary N) is 1. The number of nitrogens with zero attached hydrogens (tertiary/aromatic N) is 2. The van der Waals surface area contributed by atoms with Gasteiger partial charge in [-0.15, -0.1) is 0 Å². The summed E-state index contributed by atoms with van der Waals surface area (Å²) in [5.41, 5.74) is 2.43. The van der Waals surface area contributed by atoms with Crippen LogP contribution in [-0.4, -0.2) is 19.9 Å². The van der Waals surface area contributed by atoms with E-state index in [9.17, 15) is 9.90 Å². The molecule has 3 aromatic rings. The minimum atomic E-state index is -0.249. The highest BCUT2D eigenvalue weighted by molar-refractivity contribution is 5.40. The number of benzene rings is 2. The molecular weight excluding hydrogens is 278 g/mol. The molecule has 3 rings (SSSR count). The minimum absolute atomic E-state index is 0.249. The lowest BCUT2D eigenvalue weighted by atomic mass is 10.1. The Morgan fingerprint density at radius 3 is 2.59 bits per heavy atom. The van der Waals surface area contributed by atoms with Crippen LogP contribution in [0, 0.1) is 6.92 Å². The van der Waals surface area contributed by atoms with Gasteiger partial charge in [-0.1, -0.05) is 36.4 Å². The molecule has 0 aliphatic heterocycles. The van der Waals surface area contributed by atoms with E-state index < -0.39 is 0 Å². The molecule has 112 valence electrons. The van der Waals surface area contributed by atoms with Gasteiger partial charge in [0, 0.05) is 6.42 Å². The molecule has 22 heavy (non-hydrogen) atoms. The highest BCUT2D eigenvalue weighted by Crippen LogP contribution is 2.18. The summed E-state index contributed by atoms with van der Waals surface area (Å²) in [5.74, 6) is 0.922. The maximum absolute atomic E-state index is 12.1. The fraction of sp³-hybridized carbons (Fsp3) is 0.176. The van der Waals surface area contributed by atoms with Crippen molar-refractivity contribution >= 4 is 0 Å². The van der Waals surface area contributed by atoms with E-state index >= 15 is 0 Å². The van der Waals surface area contributed by atoms with Gasteiger partial charge in [-0.05, 0) is 36.6 Å². The first-order chi connectivity index (χ1) is 10.7. The van der Waals surface area contributed by atoms with Gasteiger partial charge in [0.2, 0.25) is 0 Å². The van der Waals surface area contributed by atoms with Crippen LogP contribution in [0.2, 0.25) is 0 Å². The highest BCUT2D eigenvalue weighted by Gasteiger charge is 2.12. The van der Waals surface area contributed by atoms with Crippen LogP contribution >= 0.6 is 0 Å². The Morgan fingerprint density at radius 2 is 1.82 bits per heavy atom. The molecule has 5 heteroatoms. The molecule has 0 unspecified atom stereocenters. The van der Waals surface area contributed by atoms with Gasteiger partial charge in [0.05, 0.1) is 5.69 Å². The van der Waals surface area contributed by atoms with Crippen molar-refractivity contribution in [3.05, 3.63) is 76.0 Å². The first kappa shape index (κ1) is 14.1. The summed E-state index contributed by atoms with van der Waals surface area (Å²) in [7, 11) is 0. The third-order valence-corrected chi connectivity index (χ3v) is 3.71. The summed E-state index contributed by atoms with van der Waals surface area (Å²) < 4.78 is 1.59. The zero-order valence-electron chi connectivity index (χ0n) is 12.3. The van der Waals surface area contributed by atoms with Gasteiger partial charge in [0.15, 0.2) is 0 Å². The van der Waals surface area contributed by atoms with Crippen molar-refractivity contribution in [3.63, 3.8) is 0 Å². The van der Waals surface area contributed by atoms with Crippen molar-refractivity contribution in [3.8, 4) is 11.4 Å². The number of aromatic nitrogens is 3. The normalized spacial score (nSPS) is 10.8. The SMILES string of the molecule is Cc1ccccc1-n1c(CCc2ccccc2O)n[nH]c1=O. The van der Waals surface area contributed by atoms with E-state index in [-0.39, 0.29) is 11.4 Å². The van der Waals surface area contributed by atoms with E-state index in [1.54, 1.807) is 16.7 Å². The second kappa shape index (κ2) is 5.89. The van der Waals surface area contributed by atoms with E-state index in [1.807, 2.05) is 43.3 Å². The fourth-order valence-electron chi connectivity index (χ4n) is 2.53. The molecule has 0 aliphatic rings. The average Bonchev–Trinajstić information content (AvgIpc) is 2.88. The summed E-state index contributed by atoms with van der Waals surface area (Å²) in [6.45, 7) is 1.96. The van der Waals surface area contributed by atoms with Gasteiger partial charge in [0.25, 0.3) is 0 Å². The lowest BCUT2D eigenvalue weighted by molar-refractivity contribution is 0.467. The number of hydrogen-bond acceptors (Lipinski definition) is 3. The van der Waals surface area contributed by atoms with Crippen molar-refractivity contribution in [2.45, 2.75) is 19.8 Å². The highest BCUT2D eigenvalue weighted by atomic mass is 16.3. The van der Waals surface area contributed by atoms with Crippen molar-refractivity contribution in [1.29, 1.82) is 0 Å². The largest absolute Gasteiger partial charge is 0.508 e. The number of phenols is 1. The van der Waals surface area contributed by atoms with E-state index in [4.69, 9.17) is 0 Å². The summed E-state index contributed by atoms with van der Waals surface area (Å²) in [6.07, 6.45) is 1.17. The average molecular weight is 295 g/mol. The molecule has 2 aromatic carbocycles. The Hall–Kier alpha value is -2.82. The number of phenolic OH excluding ortho intramolecular Hbond substituents is 1. The first-order valence-corrected chi connectivity index (χ1v) is 7.16. The number of aryl methyl sites for hydroxylation is 3. The fourth-order valence-corrected chi connectivity index (χ4v) is 2.53. The van der Waals surface area contributed by atoms with E-state index in [0.717, 1.165) is 16.8 Å². The quantitative estimate of drug-likeness (QED) is 0.776. The van der Waals surface area contributed by atoms with Crippen LogP contribution in [0.15, 0.2) is 53.3 Å². The predicted molar refractivity (Wildman–Crippen MR) is 84.4 cm³/mol. The second-order valence-corrected chi connectivity index (χ2v) is 5.20. The number of para-hydroxylation sites is 2. The third kappa shape index (κ3) is 2.65. The molecule has 0 amide bonds. The molecule has 1 heterocycles. The smallest absolute Gasteiger partial charge is 0.347 e. The molecule has 0 radical (unpaired) electrons. The van der Waals surface area contributed by atoms with Crippen LogP contribution < -0.4 is 5.69 Å². The van der Waals surface area contributed by atoms with Crippen LogP contribution in [0.4, 0.5) is 0 Å². The van der Waals surface area contributed by atoms with Crippen molar-refractivity contribution in [2.24, 2.45) is 0 Å². The van der Waals surface area contributed by atoms with Gasteiger partial charge in [-0.2, -0.15) is 5.10 Å². The molecule has 0 saturated heterocycles. The Bertz CT molecular complexity index is 849. The van der Waals surface area contributed by atoms with Crippen molar-refractivity contribution < 1.29 is 5.11 Å². The van der Waals surface area contributed by atoms with Crippen molar-refractivity contribution in [1.82, 2.24) is 14.8 Å². The number of H-pyrrole nitrogens is 1. The molecule has 0 spiro atoms. The lowest BCUT2D eigenvalue weighted by Gasteiger charge is -2.09. The summed E-state index contributed by atoms with van der Waals surface area (Å²) in [6, 6.07) is 14.9. The molecule has 5 nitrogen and oxygen atoms in total. The standard InChI is InChI=1S/C17H17N3O2/c1-12-6-2-4-8-14(12)20-16(18-19-17(20)22)11-10-13-7-3-5-9-15(13)21/h2-9,21H,10-11H2,1H3,(H,19,22). The molecule has 0 atom stereocenters. The van der Waals surface area contributed by atoms with Crippen LogP contribution in [0.25, 0.3) is 5.69 Å². The van der Waals surface area contributed by atoms with Gasteiger partial charge in [-0.25, -0.2) is 14.5 Å². The van der Waals surface area contributed by atoms with Crippen LogP contribution in [0.1, 0.15) is 17.0 Å². The molecular formula is C17H17N3O2. The van der Waals surface area contributed by atoms with E-state index in [1.165, 1.54) is 0 Å². The zero-order chi connectivity index (χ0) is 15.5. The first-order valence-electron chi connectivity index (χ1n) is 7.16. The Morgan fingerprint density at radius 1 is 1.09 bits per heavy atom. The summed E-state index contributed by atoms with van der Waals surface area (Å²) >= 11 is 0. The monoisotopic (exact) mass is 295 g/mol. The molecule has 0 aliphatic carbocycles. The minimum Gasteiger partial charge on any atom is -0.508 e. The van der Waals surface area contributed by atoms with Gasteiger partial charge < -0.3 is 5.11 Å². The van der Waals surface area contributed by atoms with Gasteiger partial charge in [-0.3, -0.25) is 0 Å². The molecule has 0 fully saturated rings. The topological polar surface area (TPSA) is 70.9 Å². The predicted octanol–water partition coefficient (Wildman–Crippen LogP) is 2.36. The number of hydrogen-bond donors (Lipinski definition) is 2. The van der Waals surface area contributed by atoms with Crippen LogP contribution in [0.3, 0.4) is 0 Å². The van der Waals surface area contributed by atoms with E-state index in [2.05, 4.69) is 10.2 Å². The van der Waals surface area contributed by atoms with Crippen LogP contribution in [0.5, 0.6) is 5.75 Å². The second-order valence-electron chi connectivity index (χ2n) is 5.20. The molecule has 2 N–H and O–H groups in total. The lowest BCUT2D eigenvalue weighted by Crippen LogP contribution is -2.18. The number of aromatic hydroxyl groups is 1. The van der Waals surface area contributed by atoms with E-state index in [0.29, 0.717) is 18.7 Å². The zero-order valence-corrected chi connectivity index (χ0v) is 12.3. The number of aromatic amines is 1. The summed E-state index contributed by atoms with van der Waals surface area (Å²) in [5, 5.41) is 16.5. The van der Waals surface area contributed by atoms with Crippen LogP contribution in [-0.2, 0) is 12.8 Å². The third-order valence-electron chi connectivity index (χ3n) is 3.71. The summed E-state index contributed by atoms with van der Waals surface area (Å²) in [4.78, 5) is 12.1. The van der Waals surface area contributed by atoms with Gasteiger partial charge in [0.1, 0.15) is 11.6 Å². The van der Waals surface area contributed by atoms with Crippen molar-refractivity contribution in [2.75, 3.05) is 0 Å². The Labute approximate surface area is 127 Å². The van der Waals surface area contributed by atoms with Gasteiger partial charge >= 0.3 is 5.69 Å². The maximum Gasteiger partial charge on any atom is 0.347 e. The maximum atomic E-state index is 12.1. The molecule has 0 bridgehead atoms. The Kier molecular flexibility index (Phi) is 3.78.